The summed E-state index contributed by atoms with van der Waals surface area (Å²) in [6.45, 7) is 11.0. The Morgan fingerprint density at radius 2 is 1.72 bits per heavy atom. The highest BCUT2D eigenvalue weighted by Crippen LogP contribution is 2.28. The number of benzene rings is 1. The van der Waals surface area contributed by atoms with E-state index < -0.39 is 0 Å². The maximum absolute atomic E-state index is 4.58. The summed E-state index contributed by atoms with van der Waals surface area (Å²) in [5.74, 6) is 0. The molecule has 2 nitrogen and oxygen atoms in total. The summed E-state index contributed by atoms with van der Waals surface area (Å²) in [4.78, 5) is 0. The molecule has 1 atom stereocenters. The topological polar surface area (TPSA) is 17.8 Å². The van der Waals surface area contributed by atoms with Crippen LogP contribution in [0.4, 0.5) is 0 Å². The van der Waals surface area contributed by atoms with E-state index in [-0.39, 0.29) is 11.5 Å². The van der Waals surface area contributed by atoms with E-state index in [2.05, 4.69) is 68.7 Å². The second kappa shape index (κ2) is 4.60. The molecule has 2 aromatic rings. The fourth-order valence-electron chi connectivity index (χ4n) is 2.42. The van der Waals surface area contributed by atoms with Crippen molar-refractivity contribution in [2.24, 2.45) is 0 Å². The first-order valence-electron chi connectivity index (χ1n) is 6.51. The van der Waals surface area contributed by atoms with Gasteiger partial charge in [0.15, 0.2) is 0 Å². The average Bonchev–Trinajstić information content (AvgIpc) is 2.71. The fraction of sp³-hybridized carbons (Fsp3) is 0.438. The second-order valence-corrected chi connectivity index (χ2v) is 5.92. The summed E-state index contributed by atoms with van der Waals surface area (Å²) in [6.07, 6.45) is 2.01. The van der Waals surface area contributed by atoms with Gasteiger partial charge in [-0.3, -0.25) is 4.68 Å². The highest BCUT2D eigenvalue weighted by Gasteiger charge is 2.21. The normalized spacial score (nSPS) is 13.6. The lowest BCUT2D eigenvalue weighted by Gasteiger charge is -2.20. The molecule has 1 aromatic carbocycles. The van der Waals surface area contributed by atoms with Crippen LogP contribution < -0.4 is 0 Å². The first kappa shape index (κ1) is 12.9. The maximum Gasteiger partial charge on any atom is 0.0743 e. The molecule has 0 aliphatic carbocycles. The highest BCUT2D eigenvalue weighted by molar-refractivity contribution is 5.27. The number of nitrogens with zero attached hydrogens (tertiary/aromatic N) is 2. The van der Waals surface area contributed by atoms with E-state index in [1.54, 1.807) is 0 Å². The zero-order valence-corrected chi connectivity index (χ0v) is 11.9. The van der Waals surface area contributed by atoms with Crippen molar-refractivity contribution in [3.8, 4) is 0 Å². The van der Waals surface area contributed by atoms with Crippen LogP contribution in [0.5, 0.6) is 0 Å². The third kappa shape index (κ3) is 2.33. The summed E-state index contributed by atoms with van der Waals surface area (Å²) in [6, 6.07) is 10.8. The molecule has 0 fully saturated rings. The molecule has 0 N–H and O–H groups in total. The van der Waals surface area contributed by atoms with E-state index in [1.165, 1.54) is 16.8 Å². The van der Waals surface area contributed by atoms with Crippen molar-refractivity contribution in [2.45, 2.75) is 46.1 Å². The predicted octanol–water partition coefficient (Wildman–Crippen LogP) is 4.10. The molecule has 0 aliphatic rings. The van der Waals surface area contributed by atoms with Crippen LogP contribution in [0.1, 0.15) is 50.6 Å². The van der Waals surface area contributed by atoms with Gasteiger partial charge >= 0.3 is 0 Å². The maximum atomic E-state index is 4.58. The van der Waals surface area contributed by atoms with Gasteiger partial charge in [-0.15, -0.1) is 0 Å². The fourth-order valence-corrected chi connectivity index (χ4v) is 2.42. The lowest BCUT2D eigenvalue weighted by atomic mass is 9.87. The van der Waals surface area contributed by atoms with E-state index in [0.29, 0.717) is 0 Å². The van der Waals surface area contributed by atoms with Gasteiger partial charge in [-0.05, 0) is 30.4 Å². The molecular formula is C16H22N2. The number of hydrogen-bond donors (Lipinski definition) is 0. The van der Waals surface area contributed by atoms with Crippen LogP contribution in [0.25, 0.3) is 0 Å². The molecule has 2 heteroatoms. The Morgan fingerprint density at radius 1 is 1.11 bits per heavy atom. The quantitative estimate of drug-likeness (QED) is 0.775. The third-order valence-corrected chi connectivity index (χ3v) is 3.50. The highest BCUT2D eigenvalue weighted by atomic mass is 15.3. The summed E-state index contributed by atoms with van der Waals surface area (Å²) in [7, 11) is 0. The summed E-state index contributed by atoms with van der Waals surface area (Å²) < 4.78 is 2.12. The number of aromatic nitrogens is 2. The molecule has 0 bridgehead atoms. The molecule has 0 amide bonds. The molecule has 1 heterocycles. The first-order valence-corrected chi connectivity index (χ1v) is 6.51. The van der Waals surface area contributed by atoms with E-state index >= 15 is 0 Å². The van der Waals surface area contributed by atoms with Crippen LogP contribution >= 0.6 is 0 Å². The molecule has 1 unspecified atom stereocenters. The van der Waals surface area contributed by atoms with Crippen molar-refractivity contribution in [2.75, 3.05) is 0 Å². The Morgan fingerprint density at radius 3 is 2.22 bits per heavy atom. The van der Waals surface area contributed by atoms with Gasteiger partial charge in [-0.25, -0.2) is 0 Å². The lowest BCUT2D eigenvalue weighted by molar-refractivity contribution is 0.538. The zero-order chi connectivity index (χ0) is 13.3. The van der Waals surface area contributed by atoms with Gasteiger partial charge in [0, 0.05) is 5.69 Å². The van der Waals surface area contributed by atoms with Crippen molar-refractivity contribution in [1.29, 1.82) is 0 Å². The summed E-state index contributed by atoms with van der Waals surface area (Å²) >= 11 is 0. The first-order chi connectivity index (χ1) is 8.41. The molecule has 18 heavy (non-hydrogen) atoms. The Kier molecular flexibility index (Phi) is 3.29. The van der Waals surface area contributed by atoms with E-state index in [1.807, 2.05) is 12.3 Å². The van der Waals surface area contributed by atoms with Crippen LogP contribution in [-0.4, -0.2) is 9.78 Å². The van der Waals surface area contributed by atoms with Crippen molar-refractivity contribution in [3.05, 3.63) is 53.3 Å². The number of hydrogen-bond acceptors (Lipinski definition) is 1. The van der Waals surface area contributed by atoms with Gasteiger partial charge in [0.25, 0.3) is 0 Å². The molecule has 0 saturated carbocycles. The van der Waals surface area contributed by atoms with Gasteiger partial charge in [0.1, 0.15) is 0 Å². The largest absolute Gasteiger partial charge is 0.262 e. The van der Waals surface area contributed by atoms with Crippen molar-refractivity contribution in [1.82, 2.24) is 9.78 Å². The Hall–Kier alpha value is -1.57. The van der Waals surface area contributed by atoms with Crippen molar-refractivity contribution in [3.63, 3.8) is 0 Å². The Balaban J connectivity index is 2.39. The Labute approximate surface area is 110 Å². The van der Waals surface area contributed by atoms with Gasteiger partial charge in [0.2, 0.25) is 0 Å². The number of rotatable bonds is 2. The van der Waals surface area contributed by atoms with Crippen LogP contribution in [0.3, 0.4) is 0 Å². The zero-order valence-electron chi connectivity index (χ0n) is 11.9. The monoisotopic (exact) mass is 242 g/mol. The lowest BCUT2D eigenvalue weighted by Crippen LogP contribution is -2.15. The van der Waals surface area contributed by atoms with Gasteiger partial charge < -0.3 is 0 Å². The van der Waals surface area contributed by atoms with E-state index in [4.69, 9.17) is 0 Å². The van der Waals surface area contributed by atoms with E-state index in [9.17, 15) is 0 Å². The summed E-state index contributed by atoms with van der Waals surface area (Å²) in [5.41, 5.74) is 4.03. The van der Waals surface area contributed by atoms with Gasteiger partial charge in [-0.2, -0.15) is 5.10 Å². The molecule has 0 aliphatic heterocycles. The smallest absolute Gasteiger partial charge is 0.0743 e. The molecular weight excluding hydrogens is 220 g/mol. The van der Waals surface area contributed by atoms with Crippen molar-refractivity contribution >= 4 is 0 Å². The minimum Gasteiger partial charge on any atom is -0.262 e. The molecule has 0 saturated heterocycles. The van der Waals surface area contributed by atoms with Gasteiger partial charge in [-0.1, -0.05) is 51.1 Å². The molecule has 96 valence electrons. The average molecular weight is 242 g/mol. The molecule has 0 radical (unpaired) electrons. The Bertz CT molecular complexity index is 518. The third-order valence-electron chi connectivity index (χ3n) is 3.50. The predicted molar refractivity (Wildman–Crippen MR) is 75.9 cm³/mol. The SMILES string of the molecule is Cc1c(C(C)(C)C)cnn1C(C)c1ccccc1. The minimum atomic E-state index is 0.152. The summed E-state index contributed by atoms with van der Waals surface area (Å²) in [5, 5.41) is 4.58. The van der Waals surface area contributed by atoms with Crippen LogP contribution in [0.2, 0.25) is 0 Å². The van der Waals surface area contributed by atoms with Crippen LogP contribution in [0.15, 0.2) is 36.5 Å². The van der Waals surface area contributed by atoms with Gasteiger partial charge in [0.05, 0.1) is 12.2 Å². The molecule has 0 spiro atoms. The standard InChI is InChI=1S/C16H22N2/c1-12(14-9-7-6-8-10-14)18-13(2)15(11-17-18)16(3,4)5/h6-12H,1-5H3. The van der Waals surface area contributed by atoms with Crippen LogP contribution in [0, 0.1) is 6.92 Å². The second-order valence-electron chi connectivity index (χ2n) is 5.92. The molecule has 1 aromatic heterocycles. The van der Waals surface area contributed by atoms with E-state index in [0.717, 1.165) is 0 Å². The van der Waals surface area contributed by atoms with Crippen LogP contribution in [-0.2, 0) is 5.41 Å². The molecule has 2 rings (SSSR count). The minimum absolute atomic E-state index is 0.152. The van der Waals surface area contributed by atoms with Crippen molar-refractivity contribution < 1.29 is 0 Å².